The molecule has 0 spiro atoms. The maximum atomic E-state index is 13.1. The Bertz CT molecular complexity index is 235. The molecule has 0 N–H and O–H groups in total. The maximum absolute atomic E-state index is 13.1. The zero-order chi connectivity index (χ0) is 13.5. The van der Waals surface area contributed by atoms with Gasteiger partial charge in [0.15, 0.2) is 11.3 Å². The zero-order valence-electron chi connectivity index (χ0n) is 9.40. The Morgan fingerprint density at radius 2 is 1.82 bits per heavy atom. The van der Waals surface area contributed by atoms with Gasteiger partial charge < -0.3 is 0 Å². The Kier molecular flexibility index (Phi) is 7.74. The van der Waals surface area contributed by atoms with Crippen LogP contribution in [0.5, 0.6) is 0 Å². The fourth-order valence-electron chi connectivity index (χ4n) is 1.05. The van der Waals surface area contributed by atoms with E-state index in [1.165, 1.54) is 0 Å². The number of carbonyl (C=O) groups excluding carboxylic acids is 1. The number of carbonyl (C=O) groups is 1. The Morgan fingerprint density at radius 3 is 2.29 bits per heavy atom. The standard InChI is InChI=1S/C10H15F5OS/c1-2-9(16)17-6-4-7(11)10(14,15)5-3-8(12)13/h7-8H,2-6H2,1H3. The van der Waals surface area contributed by atoms with Gasteiger partial charge in [0.2, 0.25) is 6.43 Å². The van der Waals surface area contributed by atoms with Crippen molar-refractivity contribution in [2.24, 2.45) is 0 Å². The molecule has 1 unspecified atom stereocenters. The summed E-state index contributed by atoms with van der Waals surface area (Å²) in [6.45, 7) is 1.61. The summed E-state index contributed by atoms with van der Waals surface area (Å²) in [6.07, 6.45) is -7.77. The van der Waals surface area contributed by atoms with Crippen LogP contribution in [0.3, 0.4) is 0 Å². The molecule has 0 aromatic rings. The highest BCUT2D eigenvalue weighted by Crippen LogP contribution is 2.31. The van der Waals surface area contributed by atoms with E-state index < -0.39 is 37.8 Å². The number of halogens is 5. The molecule has 0 amide bonds. The van der Waals surface area contributed by atoms with E-state index in [1.807, 2.05) is 0 Å². The van der Waals surface area contributed by atoms with Crippen molar-refractivity contribution in [3.8, 4) is 0 Å². The molecule has 0 saturated heterocycles. The maximum Gasteiger partial charge on any atom is 0.278 e. The second-order valence-electron chi connectivity index (χ2n) is 3.52. The minimum atomic E-state index is -3.74. The van der Waals surface area contributed by atoms with Gasteiger partial charge in [-0.2, -0.15) is 0 Å². The smallest absolute Gasteiger partial charge is 0.278 e. The van der Waals surface area contributed by atoms with Gasteiger partial charge in [0.1, 0.15) is 0 Å². The summed E-state index contributed by atoms with van der Waals surface area (Å²) in [7, 11) is 0. The molecule has 0 aromatic carbocycles. The molecule has 0 saturated carbocycles. The lowest BCUT2D eigenvalue weighted by atomic mass is 10.1. The molecular formula is C10H15F5OS. The van der Waals surface area contributed by atoms with Crippen LogP contribution in [-0.2, 0) is 4.79 Å². The summed E-state index contributed by atoms with van der Waals surface area (Å²) in [5, 5.41) is -0.201. The van der Waals surface area contributed by atoms with Crippen molar-refractivity contribution in [1.82, 2.24) is 0 Å². The minimum Gasteiger partial charge on any atom is -0.287 e. The molecule has 0 aliphatic carbocycles. The summed E-state index contributed by atoms with van der Waals surface area (Å²) >= 11 is 0.785. The molecule has 0 radical (unpaired) electrons. The molecule has 0 aliphatic heterocycles. The number of hydrogen-bond acceptors (Lipinski definition) is 2. The van der Waals surface area contributed by atoms with E-state index in [2.05, 4.69) is 0 Å². The van der Waals surface area contributed by atoms with Gasteiger partial charge in [0.25, 0.3) is 5.92 Å². The van der Waals surface area contributed by atoms with Crippen molar-refractivity contribution in [2.45, 2.75) is 51.1 Å². The highest BCUT2D eigenvalue weighted by atomic mass is 32.2. The number of hydrogen-bond donors (Lipinski definition) is 0. The Labute approximate surface area is 101 Å². The first kappa shape index (κ1) is 16.7. The number of rotatable bonds is 8. The SMILES string of the molecule is CCC(=O)SCCC(F)C(F)(F)CCC(F)F. The van der Waals surface area contributed by atoms with Crippen LogP contribution in [0, 0.1) is 0 Å². The van der Waals surface area contributed by atoms with Crippen LogP contribution in [0.25, 0.3) is 0 Å². The fraction of sp³-hybridized carbons (Fsp3) is 0.900. The van der Waals surface area contributed by atoms with E-state index in [0.29, 0.717) is 0 Å². The predicted molar refractivity (Wildman–Crippen MR) is 57.5 cm³/mol. The third-order valence-corrected chi connectivity index (χ3v) is 3.13. The molecule has 0 bridgehead atoms. The molecule has 1 nitrogen and oxygen atoms in total. The van der Waals surface area contributed by atoms with Gasteiger partial charge in [-0.25, -0.2) is 22.0 Å². The van der Waals surface area contributed by atoms with Crippen molar-refractivity contribution >= 4 is 16.9 Å². The molecule has 102 valence electrons. The van der Waals surface area contributed by atoms with E-state index in [0.717, 1.165) is 11.8 Å². The van der Waals surface area contributed by atoms with Crippen LogP contribution in [0.2, 0.25) is 0 Å². The Morgan fingerprint density at radius 1 is 1.24 bits per heavy atom. The van der Waals surface area contributed by atoms with Crippen molar-refractivity contribution in [3.63, 3.8) is 0 Å². The number of alkyl halides is 5. The van der Waals surface area contributed by atoms with Crippen molar-refractivity contribution in [3.05, 3.63) is 0 Å². The third-order valence-electron chi connectivity index (χ3n) is 2.08. The predicted octanol–water partition coefficient (Wildman–Crippen LogP) is 4.07. The molecule has 1 atom stereocenters. The molecular weight excluding hydrogens is 263 g/mol. The topological polar surface area (TPSA) is 17.1 Å². The largest absolute Gasteiger partial charge is 0.287 e. The summed E-state index contributed by atoms with van der Waals surface area (Å²) < 4.78 is 62.5. The molecule has 17 heavy (non-hydrogen) atoms. The lowest BCUT2D eigenvalue weighted by molar-refractivity contribution is -0.110. The quantitative estimate of drug-likeness (QED) is 0.623. The van der Waals surface area contributed by atoms with Gasteiger partial charge in [-0.05, 0) is 6.42 Å². The van der Waals surface area contributed by atoms with E-state index in [1.54, 1.807) is 6.92 Å². The molecule has 0 heterocycles. The van der Waals surface area contributed by atoms with Crippen LogP contribution in [0.1, 0.15) is 32.6 Å². The molecule has 0 aliphatic rings. The van der Waals surface area contributed by atoms with Crippen LogP contribution in [0.4, 0.5) is 22.0 Å². The average Bonchev–Trinajstić information content (AvgIpc) is 2.26. The van der Waals surface area contributed by atoms with Gasteiger partial charge in [0, 0.05) is 25.0 Å². The summed E-state index contributed by atoms with van der Waals surface area (Å²) in [5.41, 5.74) is 0. The average molecular weight is 278 g/mol. The first-order chi connectivity index (χ1) is 7.79. The van der Waals surface area contributed by atoms with E-state index in [4.69, 9.17) is 0 Å². The molecule has 0 fully saturated rings. The molecule has 7 heteroatoms. The van der Waals surface area contributed by atoms with Crippen molar-refractivity contribution in [2.75, 3.05) is 5.75 Å². The van der Waals surface area contributed by atoms with Gasteiger partial charge in [0.05, 0.1) is 0 Å². The normalized spacial score (nSPS) is 14.1. The minimum absolute atomic E-state index is 0.0574. The lowest BCUT2D eigenvalue weighted by Crippen LogP contribution is -2.31. The first-order valence-electron chi connectivity index (χ1n) is 5.25. The monoisotopic (exact) mass is 278 g/mol. The summed E-state index contributed by atoms with van der Waals surface area (Å²) in [5.74, 6) is -3.80. The zero-order valence-corrected chi connectivity index (χ0v) is 10.2. The van der Waals surface area contributed by atoms with Crippen LogP contribution < -0.4 is 0 Å². The Balaban J connectivity index is 3.93. The van der Waals surface area contributed by atoms with E-state index >= 15 is 0 Å². The second-order valence-corrected chi connectivity index (χ2v) is 4.67. The van der Waals surface area contributed by atoms with E-state index in [-0.39, 0.29) is 17.3 Å². The van der Waals surface area contributed by atoms with Gasteiger partial charge in [-0.15, -0.1) is 0 Å². The van der Waals surface area contributed by atoms with Crippen molar-refractivity contribution in [1.29, 1.82) is 0 Å². The van der Waals surface area contributed by atoms with Crippen LogP contribution >= 0.6 is 11.8 Å². The molecule has 0 rings (SSSR count). The van der Waals surface area contributed by atoms with Crippen LogP contribution in [-0.4, -0.2) is 29.4 Å². The highest BCUT2D eigenvalue weighted by molar-refractivity contribution is 8.13. The van der Waals surface area contributed by atoms with Gasteiger partial charge in [-0.1, -0.05) is 18.7 Å². The Hall–Kier alpha value is -0.330. The summed E-state index contributed by atoms with van der Waals surface area (Å²) in [6, 6.07) is 0. The number of thioether (sulfide) groups is 1. The van der Waals surface area contributed by atoms with E-state index in [9.17, 15) is 26.7 Å². The lowest BCUT2D eigenvalue weighted by Gasteiger charge is -2.20. The summed E-state index contributed by atoms with van der Waals surface area (Å²) in [4.78, 5) is 10.8. The third kappa shape index (κ3) is 7.57. The highest BCUT2D eigenvalue weighted by Gasteiger charge is 2.39. The first-order valence-corrected chi connectivity index (χ1v) is 6.23. The molecule has 0 aromatic heterocycles. The van der Waals surface area contributed by atoms with Gasteiger partial charge >= 0.3 is 0 Å². The van der Waals surface area contributed by atoms with Crippen LogP contribution in [0.15, 0.2) is 0 Å². The second kappa shape index (κ2) is 7.89. The fourth-order valence-corrected chi connectivity index (χ4v) is 1.80. The van der Waals surface area contributed by atoms with Crippen molar-refractivity contribution < 1.29 is 26.7 Å². The van der Waals surface area contributed by atoms with Gasteiger partial charge in [-0.3, -0.25) is 4.79 Å².